The van der Waals surface area contributed by atoms with Gasteiger partial charge in [-0.05, 0) is 49.6 Å². The maximum Gasteiger partial charge on any atom is 0.573 e. The van der Waals surface area contributed by atoms with Crippen LogP contribution in [0.4, 0.5) is 24.0 Å². The Balaban J connectivity index is 1.39. The highest BCUT2D eigenvalue weighted by molar-refractivity contribution is 7.22. The van der Waals surface area contributed by atoms with Crippen molar-refractivity contribution in [3.05, 3.63) is 48.0 Å². The van der Waals surface area contributed by atoms with Crippen molar-refractivity contribution in [2.24, 2.45) is 5.92 Å². The van der Waals surface area contributed by atoms with E-state index < -0.39 is 12.1 Å². The number of alkyl halides is 3. The summed E-state index contributed by atoms with van der Waals surface area (Å²) in [4.78, 5) is 19.5. The number of carbonyl (C=O) groups is 1. The fourth-order valence-corrected chi connectivity index (χ4v) is 4.62. The molecule has 0 bridgehead atoms. The minimum atomic E-state index is -4.82. The number of carbonyl (C=O) groups excluding carboxylic acids is 1. The molecule has 0 saturated carbocycles. The highest BCUT2D eigenvalue weighted by Crippen LogP contribution is 2.33. The van der Waals surface area contributed by atoms with Crippen LogP contribution < -0.4 is 15.0 Å². The van der Waals surface area contributed by atoms with E-state index >= 15 is 0 Å². The number of rotatable bonds is 4. The highest BCUT2D eigenvalue weighted by Gasteiger charge is 2.33. The van der Waals surface area contributed by atoms with Crippen LogP contribution in [-0.4, -0.2) is 30.3 Å². The van der Waals surface area contributed by atoms with E-state index in [0.29, 0.717) is 25.9 Å². The number of aryl methyl sites for hydroxylation is 1. The Morgan fingerprint density at radius 3 is 2.67 bits per heavy atom. The van der Waals surface area contributed by atoms with Crippen molar-refractivity contribution in [3.63, 3.8) is 0 Å². The molecule has 1 saturated heterocycles. The number of halogens is 3. The molecule has 5 nitrogen and oxygen atoms in total. The Hall–Kier alpha value is -2.81. The zero-order valence-electron chi connectivity index (χ0n) is 16.2. The van der Waals surface area contributed by atoms with Gasteiger partial charge in [0, 0.05) is 19.0 Å². The standard InChI is InChI=1S/C21H20F3N3O2S/c1-13-6-7-16-18(12-13)30-20(26-16)27-10-8-14(9-11-27)19(28)25-15-4-2-3-5-17(15)29-21(22,23)24/h2-7,12,14H,8-11H2,1H3,(H,25,28). The molecule has 9 heteroatoms. The first-order chi connectivity index (χ1) is 14.3. The van der Waals surface area contributed by atoms with Crippen molar-refractivity contribution >= 4 is 38.3 Å². The molecule has 0 aliphatic carbocycles. The van der Waals surface area contributed by atoms with Crippen LogP contribution in [0.2, 0.25) is 0 Å². The van der Waals surface area contributed by atoms with Gasteiger partial charge in [0.25, 0.3) is 0 Å². The second kappa shape index (κ2) is 8.14. The number of thiazole rings is 1. The van der Waals surface area contributed by atoms with Gasteiger partial charge in [-0.15, -0.1) is 13.2 Å². The number of anilines is 2. The number of benzene rings is 2. The molecule has 1 amide bonds. The van der Waals surface area contributed by atoms with Gasteiger partial charge in [-0.25, -0.2) is 4.98 Å². The summed E-state index contributed by atoms with van der Waals surface area (Å²) in [5.41, 5.74) is 2.16. The van der Waals surface area contributed by atoms with Crippen molar-refractivity contribution < 1.29 is 22.7 Å². The summed E-state index contributed by atoms with van der Waals surface area (Å²) in [6.07, 6.45) is -3.62. The maximum atomic E-state index is 12.6. The first-order valence-electron chi connectivity index (χ1n) is 9.56. The van der Waals surface area contributed by atoms with E-state index in [1.54, 1.807) is 17.4 Å². The number of hydrogen-bond acceptors (Lipinski definition) is 5. The molecule has 0 spiro atoms. The molecule has 1 aromatic heterocycles. The van der Waals surface area contributed by atoms with Gasteiger partial charge in [0.15, 0.2) is 10.9 Å². The Kier molecular flexibility index (Phi) is 5.55. The molecular formula is C21H20F3N3O2S. The molecule has 1 fully saturated rings. The summed E-state index contributed by atoms with van der Waals surface area (Å²) in [5, 5.41) is 3.52. The lowest BCUT2D eigenvalue weighted by atomic mass is 9.96. The number of nitrogens with one attached hydrogen (secondary N) is 1. The topological polar surface area (TPSA) is 54.5 Å². The normalized spacial score (nSPS) is 15.4. The molecule has 1 aliphatic rings. The number of fused-ring (bicyclic) bond motifs is 1. The van der Waals surface area contributed by atoms with Crippen LogP contribution in [0.5, 0.6) is 5.75 Å². The van der Waals surface area contributed by atoms with Crippen LogP contribution in [0, 0.1) is 12.8 Å². The molecule has 158 valence electrons. The summed E-state index contributed by atoms with van der Waals surface area (Å²) < 4.78 is 42.8. The quantitative estimate of drug-likeness (QED) is 0.600. The average Bonchev–Trinajstić information content (AvgIpc) is 3.11. The zero-order valence-corrected chi connectivity index (χ0v) is 17.0. The van der Waals surface area contributed by atoms with E-state index in [9.17, 15) is 18.0 Å². The van der Waals surface area contributed by atoms with E-state index in [0.717, 1.165) is 15.3 Å². The number of amides is 1. The maximum absolute atomic E-state index is 12.6. The van der Waals surface area contributed by atoms with Crippen LogP contribution in [0.15, 0.2) is 42.5 Å². The fourth-order valence-electron chi connectivity index (χ4n) is 3.51. The van der Waals surface area contributed by atoms with Crippen molar-refractivity contribution in [3.8, 4) is 5.75 Å². The lowest BCUT2D eigenvalue weighted by Gasteiger charge is -2.31. The molecule has 1 aliphatic heterocycles. The molecule has 1 N–H and O–H groups in total. The van der Waals surface area contributed by atoms with Gasteiger partial charge < -0.3 is 15.0 Å². The highest BCUT2D eigenvalue weighted by atomic mass is 32.1. The average molecular weight is 435 g/mol. The lowest BCUT2D eigenvalue weighted by Crippen LogP contribution is -2.38. The Morgan fingerprint density at radius 2 is 1.93 bits per heavy atom. The predicted molar refractivity (Wildman–Crippen MR) is 111 cm³/mol. The van der Waals surface area contributed by atoms with Crippen LogP contribution in [-0.2, 0) is 4.79 Å². The molecule has 4 rings (SSSR count). The fraction of sp³-hybridized carbons (Fsp3) is 0.333. The number of piperidine rings is 1. The second-order valence-corrected chi connectivity index (χ2v) is 8.27. The smallest absolute Gasteiger partial charge is 0.404 e. The van der Waals surface area contributed by atoms with Crippen molar-refractivity contribution in [1.82, 2.24) is 4.98 Å². The minimum Gasteiger partial charge on any atom is -0.404 e. The SMILES string of the molecule is Cc1ccc2nc(N3CCC(C(=O)Nc4ccccc4OC(F)(F)F)CC3)sc2c1. The van der Waals surface area contributed by atoms with Gasteiger partial charge in [-0.3, -0.25) is 4.79 Å². The van der Waals surface area contributed by atoms with E-state index in [-0.39, 0.29) is 17.5 Å². The van der Waals surface area contributed by atoms with E-state index in [4.69, 9.17) is 0 Å². The van der Waals surface area contributed by atoms with Crippen LogP contribution in [0.25, 0.3) is 10.2 Å². The summed E-state index contributed by atoms with van der Waals surface area (Å²) >= 11 is 1.63. The minimum absolute atomic E-state index is 0.0174. The number of ether oxygens (including phenoxy) is 1. The second-order valence-electron chi connectivity index (χ2n) is 7.26. The molecule has 2 aromatic carbocycles. The van der Waals surface area contributed by atoms with Gasteiger partial charge in [-0.2, -0.15) is 0 Å². The Labute approximate surface area is 175 Å². The van der Waals surface area contributed by atoms with Crippen LogP contribution in [0.1, 0.15) is 18.4 Å². The molecule has 0 unspecified atom stereocenters. The third-order valence-electron chi connectivity index (χ3n) is 5.04. The number of para-hydroxylation sites is 2. The van der Waals surface area contributed by atoms with Gasteiger partial charge in [0.1, 0.15) is 0 Å². The van der Waals surface area contributed by atoms with E-state index in [1.807, 2.05) is 19.1 Å². The molecular weight excluding hydrogens is 415 g/mol. The van der Waals surface area contributed by atoms with Gasteiger partial charge in [0.2, 0.25) is 5.91 Å². The lowest BCUT2D eigenvalue weighted by molar-refractivity contribution is -0.274. The largest absolute Gasteiger partial charge is 0.573 e. The number of nitrogens with zero attached hydrogens (tertiary/aromatic N) is 2. The predicted octanol–water partition coefficient (Wildman–Crippen LogP) is 5.36. The first-order valence-corrected chi connectivity index (χ1v) is 10.4. The van der Waals surface area contributed by atoms with Crippen molar-refractivity contribution in [2.75, 3.05) is 23.3 Å². The van der Waals surface area contributed by atoms with Crippen molar-refractivity contribution in [2.45, 2.75) is 26.1 Å². The summed E-state index contributed by atoms with van der Waals surface area (Å²) in [5.74, 6) is -0.995. The van der Waals surface area contributed by atoms with Crippen molar-refractivity contribution in [1.29, 1.82) is 0 Å². The molecule has 0 radical (unpaired) electrons. The Bertz CT molecular complexity index is 1060. The third-order valence-corrected chi connectivity index (χ3v) is 6.12. The first kappa shape index (κ1) is 20.5. The number of aromatic nitrogens is 1. The zero-order chi connectivity index (χ0) is 21.3. The van der Waals surface area contributed by atoms with Crippen LogP contribution in [0.3, 0.4) is 0 Å². The number of hydrogen-bond donors (Lipinski definition) is 1. The van der Waals surface area contributed by atoms with Gasteiger partial charge >= 0.3 is 6.36 Å². The third kappa shape index (κ3) is 4.67. The molecule has 2 heterocycles. The van der Waals surface area contributed by atoms with E-state index in [2.05, 4.69) is 26.0 Å². The molecule has 3 aromatic rings. The van der Waals surface area contributed by atoms with Gasteiger partial charge in [-0.1, -0.05) is 29.5 Å². The summed E-state index contributed by atoms with van der Waals surface area (Å²) in [6.45, 7) is 3.37. The van der Waals surface area contributed by atoms with Crippen LogP contribution >= 0.6 is 11.3 Å². The van der Waals surface area contributed by atoms with E-state index in [1.165, 1.54) is 23.8 Å². The van der Waals surface area contributed by atoms with Gasteiger partial charge in [0.05, 0.1) is 15.9 Å². The summed E-state index contributed by atoms with van der Waals surface area (Å²) in [7, 11) is 0. The Morgan fingerprint density at radius 1 is 1.20 bits per heavy atom. The summed E-state index contributed by atoms with van der Waals surface area (Å²) in [6, 6.07) is 11.7. The molecule has 0 atom stereocenters. The molecule has 30 heavy (non-hydrogen) atoms. The monoisotopic (exact) mass is 435 g/mol.